The van der Waals surface area contributed by atoms with Crippen LogP contribution in [-0.2, 0) is 13.1 Å². The molecule has 0 amide bonds. The summed E-state index contributed by atoms with van der Waals surface area (Å²) in [6, 6.07) is 24.9. The lowest BCUT2D eigenvalue weighted by Crippen LogP contribution is -2.18. The van der Waals surface area contributed by atoms with Crippen molar-refractivity contribution in [3.8, 4) is 33.8 Å². The molecule has 1 saturated heterocycles. The molecule has 6 nitrogen and oxygen atoms in total. The van der Waals surface area contributed by atoms with E-state index in [2.05, 4.69) is 51.3 Å². The molecule has 0 bridgehead atoms. The van der Waals surface area contributed by atoms with Crippen LogP contribution in [0.1, 0.15) is 24.0 Å². The van der Waals surface area contributed by atoms with E-state index in [0.717, 1.165) is 28.9 Å². The summed E-state index contributed by atoms with van der Waals surface area (Å²) < 4.78 is 1.89. The van der Waals surface area contributed by atoms with Crippen molar-refractivity contribution in [1.82, 2.24) is 19.4 Å². The number of pyridine rings is 1. The highest BCUT2D eigenvalue weighted by molar-refractivity contribution is 5.89. The molecule has 0 atom stereocenters. The van der Waals surface area contributed by atoms with Crippen molar-refractivity contribution < 1.29 is 5.11 Å². The Balaban J connectivity index is 1.35. The van der Waals surface area contributed by atoms with E-state index in [-0.39, 0.29) is 5.75 Å². The fourth-order valence-electron chi connectivity index (χ4n) is 5.16. The summed E-state index contributed by atoms with van der Waals surface area (Å²) in [4.78, 5) is 11.5. The molecule has 0 unspecified atom stereocenters. The van der Waals surface area contributed by atoms with E-state index in [0.29, 0.717) is 23.3 Å². The van der Waals surface area contributed by atoms with Gasteiger partial charge in [0.15, 0.2) is 5.75 Å². The number of hydrogen-bond donors (Lipinski definition) is 2. The molecule has 0 spiro atoms. The number of likely N-dealkylation sites (tertiary alicyclic amines) is 1. The molecule has 0 radical (unpaired) electrons. The molecule has 36 heavy (non-hydrogen) atoms. The van der Waals surface area contributed by atoms with E-state index >= 15 is 0 Å². The third-order valence-corrected chi connectivity index (χ3v) is 7.06. The Hall–Kier alpha value is -4.00. The molecule has 0 saturated carbocycles. The molecule has 2 aromatic heterocycles. The van der Waals surface area contributed by atoms with E-state index in [4.69, 9.17) is 5.73 Å². The van der Waals surface area contributed by atoms with Crippen molar-refractivity contribution in [1.29, 1.82) is 0 Å². The van der Waals surface area contributed by atoms with Gasteiger partial charge < -0.3 is 10.8 Å². The van der Waals surface area contributed by atoms with Crippen molar-refractivity contribution >= 4 is 11.0 Å². The Morgan fingerprint density at radius 3 is 2.44 bits per heavy atom. The van der Waals surface area contributed by atoms with Gasteiger partial charge in [0.25, 0.3) is 0 Å². The minimum Gasteiger partial charge on any atom is -0.504 e. The fraction of sp³-hybridized carbons (Fsp3) is 0.200. The maximum Gasteiger partial charge on any atom is 0.168 e. The fourth-order valence-corrected chi connectivity index (χ4v) is 5.16. The number of aromatic nitrogens is 3. The molecule has 6 heteroatoms. The molecule has 6 rings (SSSR count). The summed E-state index contributed by atoms with van der Waals surface area (Å²) in [5.74, 6) is 0.116. The van der Waals surface area contributed by atoms with Gasteiger partial charge in [-0.05, 0) is 60.3 Å². The number of benzene rings is 3. The molecule has 1 fully saturated rings. The van der Waals surface area contributed by atoms with Crippen LogP contribution in [0.5, 0.6) is 5.75 Å². The number of aromatic hydroxyl groups is 1. The minimum absolute atomic E-state index is 0.116. The van der Waals surface area contributed by atoms with Gasteiger partial charge >= 0.3 is 0 Å². The second-order valence-corrected chi connectivity index (χ2v) is 9.40. The molecule has 0 aliphatic carbocycles. The largest absolute Gasteiger partial charge is 0.504 e. The van der Waals surface area contributed by atoms with Gasteiger partial charge in [-0.15, -0.1) is 0 Å². The molecule has 3 heterocycles. The van der Waals surface area contributed by atoms with Crippen molar-refractivity contribution in [2.24, 2.45) is 5.73 Å². The van der Waals surface area contributed by atoms with E-state index in [1.165, 1.54) is 37.1 Å². The van der Waals surface area contributed by atoms with E-state index in [9.17, 15) is 5.11 Å². The quantitative estimate of drug-likeness (QED) is 0.338. The monoisotopic (exact) mass is 475 g/mol. The Morgan fingerprint density at radius 2 is 1.64 bits per heavy atom. The van der Waals surface area contributed by atoms with Gasteiger partial charge in [-0.1, -0.05) is 60.7 Å². The summed E-state index contributed by atoms with van der Waals surface area (Å²) in [7, 11) is 0. The maximum absolute atomic E-state index is 11.3. The van der Waals surface area contributed by atoms with Crippen LogP contribution in [0.15, 0.2) is 85.3 Å². The number of rotatable bonds is 6. The topological polar surface area (TPSA) is 80.2 Å². The number of fused-ring (bicyclic) bond motifs is 1. The number of nitrogens with zero attached hydrogens (tertiary/aromatic N) is 4. The summed E-state index contributed by atoms with van der Waals surface area (Å²) in [5.41, 5.74) is 14.2. The van der Waals surface area contributed by atoms with Crippen LogP contribution in [0.2, 0.25) is 0 Å². The lowest BCUT2D eigenvalue weighted by Gasteiger charge is -2.18. The highest BCUT2D eigenvalue weighted by atomic mass is 16.3. The van der Waals surface area contributed by atoms with Crippen molar-refractivity contribution in [2.75, 3.05) is 13.1 Å². The average molecular weight is 476 g/mol. The maximum atomic E-state index is 11.3. The lowest BCUT2D eigenvalue weighted by molar-refractivity contribution is 0.332. The third kappa shape index (κ3) is 4.15. The minimum atomic E-state index is 0.116. The first-order valence-electron chi connectivity index (χ1n) is 12.5. The van der Waals surface area contributed by atoms with Gasteiger partial charge in [0, 0.05) is 24.3 Å². The van der Waals surface area contributed by atoms with Crippen molar-refractivity contribution in [3.05, 3.63) is 96.4 Å². The van der Waals surface area contributed by atoms with Crippen LogP contribution >= 0.6 is 0 Å². The normalized spacial score (nSPS) is 14.0. The van der Waals surface area contributed by atoms with Gasteiger partial charge in [0.05, 0.1) is 6.20 Å². The Bertz CT molecular complexity index is 1520. The molecule has 1 aliphatic heterocycles. The molecule has 3 aromatic carbocycles. The van der Waals surface area contributed by atoms with Crippen LogP contribution in [0.3, 0.4) is 0 Å². The first kappa shape index (κ1) is 22.5. The average Bonchev–Trinajstić information content (AvgIpc) is 3.60. The predicted octanol–water partition coefficient (Wildman–Crippen LogP) is 5.51. The Morgan fingerprint density at radius 1 is 0.861 bits per heavy atom. The smallest absolute Gasteiger partial charge is 0.168 e. The second kappa shape index (κ2) is 9.57. The van der Waals surface area contributed by atoms with Gasteiger partial charge in [0.1, 0.15) is 23.1 Å². The Labute approximate surface area is 210 Å². The number of hydrogen-bond acceptors (Lipinski definition) is 5. The third-order valence-electron chi connectivity index (χ3n) is 7.06. The summed E-state index contributed by atoms with van der Waals surface area (Å²) in [6.07, 6.45) is 6.00. The SMILES string of the molecule is NCc1cccc(-n2cnc3cnc(-c4ccc(-c5ccccc5CN5CCCC5)cc4)c(O)c32)c1. The summed E-state index contributed by atoms with van der Waals surface area (Å²) in [6.45, 7) is 3.78. The van der Waals surface area contributed by atoms with Gasteiger partial charge in [-0.2, -0.15) is 0 Å². The predicted molar refractivity (Wildman–Crippen MR) is 144 cm³/mol. The Kier molecular flexibility index (Phi) is 5.97. The lowest BCUT2D eigenvalue weighted by atomic mass is 9.97. The first-order valence-corrected chi connectivity index (χ1v) is 12.5. The van der Waals surface area contributed by atoms with E-state index in [1.807, 2.05) is 41.0 Å². The van der Waals surface area contributed by atoms with Crippen LogP contribution < -0.4 is 5.73 Å². The zero-order valence-electron chi connectivity index (χ0n) is 20.1. The van der Waals surface area contributed by atoms with Gasteiger partial charge in [-0.25, -0.2) is 9.97 Å². The molecule has 1 aliphatic rings. The second-order valence-electron chi connectivity index (χ2n) is 9.40. The van der Waals surface area contributed by atoms with Crippen LogP contribution in [0.25, 0.3) is 39.1 Å². The molecular weight excluding hydrogens is 446 g/mol. The highest BCUT2D eigenvalue weighted by Gasteiger charge is 2.17. The van der Waals surface area contributed by atoms with E-state index < -0.39 is 0 Å². The molecule has 180 valence electrons. The first-order chi connectivity index (χ1) is 17.7. The van der Waals surface area contributed by atoms with Crippen molar-refractivity contribution in [3.63, 3.8) is 0 Å². The zero-order valence-corrected chi connectivity index (χ0v) is 20.1. The molecular formula is C30H29N5O. The number of imidazole rings is 1. The highest BCUT2D eigenvalue weighted by Crippen LogP contribution is 2.36. The van der Waals surface area contributed by atoms with Crippen LogP contribution in [0.4, 0.5) is 0 Å². The van der Waals surface area contributed by atoms with Gasteiger partial charge in [-0.3, -0.25) is 9.47 Å². The van der Waals surface area contributed by atoms with Crippen molar-refractivity contribution in [2.45, 2.75) is 25.9 Å². The summed E-state index contributed by atoms with van der Waals surface area (Å²) in [5, 5.41) is 11.3. The molecule has 5 aromatic rings. The summed E-state index contributed by atoms with van der Waals surface area (Å²) >= 11 is 0. The van der Waals surface area contributed by atoms with Crippen LogP contribution in [-0.4, -0.2) is 37.6 Å². The van der Waals surface area contributed by atoms with Crippen LogP contribution in [0, 0.1) is 0 Å². The zero-order chi connectivity index (χ0) is 24.5. The van der Waals surface area contributed by atoms with Gasteiger partial charge in [0.2, 0.25) is 0 Å². The number of nitrogens with two attached hydrogens (primary N) is 1. The molecule has 3 N–H and O–H groups in total. The van der Waals surface area contributed by atoms with E-state index in [1.54, 1.807) is 12.5 Å². The standard InChI is InChI=1S/C30H29N5O/c31-17-21-6-5-8-25(16-21)35-20-33-27-18-32-28(30(36)29(27)35)23-12-10-22(11-13-23)26-9-2-1-7-24(26)19-34-14-3-4-15-34/h1-2,5-13,16,18,20,36H,3-4,14-15,17,19,31H2.